The maximum Gasteiger partial charge on any atom is 0.227 e. The van der Waals surface area contributed by atoms with Crippen LogP contribution in [0, 0.1) is 11.3 Å². The van der Waals surface area contributed by atoms with Crippen molar-refractivity contribution in [1.29, 1.82) is 5.26 Å². The predicted molar refractivity (Wildman–Crippen MR) is 124 cm³/mol. The zero-order valence-electron chi connectivity index (χ0n) is 16.9. The molecule has 152 valence electrons. The number of aromatic nitrogens is 3. The number of ether oxygens (including phenoxy) is 1. The number of nitrogens with one attached hydrogen (secondary N) is 1. The van der Waals surface area contributed by atoms with Crippen LogP contribution >= 0.6 is 0 Å². The quantitative estimate of drug-likeness (QED) is 0.373. The van der Waals surface area contributed by atoms with Crippen molar-refractivity contribution in [3.05, 3.63) is 103 Å². The van der Waals surface area contributed by atoms with Gasteiger partial charge >= 0.3 is 0 Å². The minimum atomic E-state index is 0.495. The zero-order chi connectivity index (χ0) is 21.8. The van der Waals surface area contributed by atoms with E-state index in [1.54, 1.807) is 30.7 Å². The first-order valence-electron chi connectivity index (χ1n) is 10.0. The van der Waals surface area contributed by atoms with Gasteiger partial charge in [0.05, 0.1) is 17.1 Å². The van der Waals surface area contributed by atoms with Crippen molar-refractivity contribution in [3.8, 4) is 28.8 Å². The van der Waals surface area contributed by atoms with Crippen molar-refractivity contribution >= 4 is 22.4 Å². The number of hydrogen-bond donors (Lipinski definition) is 1. The molecule has 0 bridgehead atoms. The molecule has 0 saturated heterocycles. The van der Waals surface area contributed by atoms with Crippen molar-refractivity contribution in [3.63, 3.8) is 0 Å². The van der Waals surface area contributed by atoms with Gasteiger partial charge < -0.3 is 10.1 Å². The first kappa shape index (κ1) is 19.2. The van der Waals surface area contributed by atoms with Gasteiger partial charge in [-0.3, -0.25) is 4.98 Å². The molecular weight excluding hydrogens is 398 g/mol. The molecular formula is C26H17N5O. The van der Waals surface area contributed by atoms with E-state index in [4.69, 9.17) is 4.74 Å². The Kier molecular flexibility index (Phi) is 5.13. The van der Waals surface area contributed by atoms with E-state index in [-0.39, 0.29) is 0 Å². The third-order valence-corrected chi connectivity index (χ3v) is 4.94. The highest BCUT2D eigenvalue weighted by Crippen LogP contribution is 2.35. The van der Waals surface area contributed by atoms with Gasteiger partial charge in [-0.05, 0) is 72.3 Å². The average molecular weight is 415 g/mol. The Balaban J connectivity index is 1.45. The van der Waals surface area contributed by atoms with E-state index in [1.165, 1.54) is 0 Å². The van der Waals surface area contributed by atoms with Crippen LogP contribution in [0.3, 0.4) is 0 Å². The summed E-state index contributed by atoms with van der Waals surface area (Å²) < 4.78 is 6.14. The highest BCUT2D eigenvalue weighted by atomic mass is 16.5. The molecule has 32 heavy (non-hydrogen) atoms. The van der Waals surface area contributed by atoms with Crippen LogP contribution in [-0.2, 0) is 0 Å². The number of nitriles is 1. The van der Waals surface area contributed by atoms with E-state index in [1.807, 2.05) is 66.7 Å². The first-order valence-corrected chi connectivity index (χ1v) is 10.0. The van der Waals surface area contributed by atoms with Crippen LogP contribution in [0.15, 0.2) is 97.5 Å². The fourth-order valence-corrected chi connectivity index (χ4v) is 3.43. The topological polar surface area (TPSA) is 83.7 Å². The normalized spacial score (nSPS) is 10.5. The lowest BCUT2D eigenvalue weighted by molar-refractivity contribution is 0.465. The molecule has 0 amide bonds. The molecule has 5 rings (SSSR count). The van der Waals surface area contributed by atoms with Crippen molar-refractivity contribution in [1.82, 2.24) is 15.0 Å². The van der Waals surface area contributed by atoms with E-state index in [0.717, 1.165) is 33.5 Å². The Bertz CT molecular complexity index is 1430. The van der Waals surface area contributed by atoms with Gasteiger partial charge in [-0.15, -0.1) is 0 Å². The standard InChI is InChI=1S/C26H17N5O/c27-17-18-6-11-22-21(12-15-28-24(22)16-18)23-4-3-14-30-26(23)32-20-9-7-19(8-10-20)31-25-5-1-2-13-29-25/h1-16H,(H,29,31). The largest absolute Gasteiger partial charge is 0.438 e. The van der Waals surface area contributed by atoms with Crippen LogP contribution in [0.2, 0.25) is 0 Å². The fourth-order valence-electron chi connectivity index (χ4n) is 3.43. The van der Waals surface area contributed by atoms with Gasteiger partial charge in [0.2, 0.25) is 5.88 Å². The molecule has 0 unspecified atom stereocenters. The molecule has 0 aliphatic heterocycles. The van der Waals surface area contributed by atoms with Crippen molar-refractivity contribution in [2.24, 2.45) is 0 Å². The van der Waals surface area contributed by atoms with Gasteiger partial charge in [0.15, 0.2) is 0 Å². The maximum absolute atomic E-state index is 9.18. The average Bonchev–Trinajstić information content (AvgIpc) is 2.85. The molecule has 0 atom stereocenters. The second kappa shape index (κ2) is 8.54. The number of nitrogens with zero attached hydrogens (tertiary/aromatic N) is 4. The SMILES string of the molecule is N#Cc1ccc2c(-c3cccnc3Oc3ccc(Nc4ccccn4)cc3)ccnc2c1. The van der Waals surface area contributed by atoms with E-state index >= 15 is 0 Å². The fraction of sp³-hybridized carbons (Fsp3) is 0. The summed E-state index contributed by atoms with van der Waals surface area (Å²) in [6.45, 7) is 0. The molecule has 0 radical (unpaired) electrons. The number of rotatable bonds is 5. The minimum Gasteiger partial charge on any atom is -0.438 e. The Morgan fingerprint density at radius 1 is 0.750 bits per heavy atom. The Hall–Kier alpha value is -4.76. The molecule has 2 aromatic carbocycles. The van der Waals surface area contributed by atoms with E-state index < -0.39 is 0 Å². The van der Waals surface area contributed by atoms with Crippen LogP contribution < -0.4 is 10.1 Å². The van der Waals surface area contributed by atoms with Gasteiger partial charge in [-0.1, -0.05) is 12.1 Å². The highest BCUT2D eigenvalue weighted by molar-refractivity contribution is 5.96. The summed E-state index contributed by atoms with van der Waals surface area (Å²) in [7, 11) is 0. The number of benzene rings is 2. The number of anilines is 2. The van der Waals surface area contributed by atoms with Crippen LogP contribution in [0.25, 0.3) is 22.0 Å². The molecule has 6 nitrogen and oxygen atoms in total. The number of pyridine rings is 3. The third-order valence-electron chi connectivity index (χ3n) is 4.94. The summed E-state index contributed by atoms with van der Waals surface area (Å²) >= 11 is 0. The highest BCUT2D eigenvalue weighted by Gasteiger charge is 2.12. The van der Waals surface area contributed by atoms with E-state index in [2.05, 4.69) is 26.3 Å². The van der Waals surface area contributed by atoms with Crippen molar-refractivity contribution in [2.75, 3.05) is 5.32 Å². The molecule has 5 aromatic rings. The van der Waals surface area contributed by atoms with Crippen LogP contribution in [0.5, 0.6) is 11.6 Å². The van der Waals surface area contributed by atoms with Gasteiger partial charge in [-0.25, -0.2) is 9.97 Å². The van der Waals surface area contributed by atoms with Crippen LogP contribution in [-0.4, -0.2) is 15.0 Å². The monoisotopic (exact) mass is 415 g/mol. The summed E-state index contributed by atoms with van der Waals surface area (Å²) in [5, 5.41) is 13.4. The van der Waals surface area contributed by atoms with Crippen molar-refractivity contribution < 1.29 is 4.74 Å². The Labute approximate surface area is 184 Å². The lowest BCUT2D eigenvalue weighted by Crippen LogP contribution is -1.94. The smallest absolute Gasteiger partial charge is 0.227 e. The maximum atomic E-state index is 9.18. The van der Waals surface area contributed by atoms with Crippen LogP contribution in [0.1, 0.15) is 5.56 Å². The number of hydrogen-bond acceptors (Lipinski definition) is 6. The van der Waals surface area contributed by atoms with Crippen molar-refractivity contribution in [2.45, 2.75) is 0 Å². The molecule has 0 aliphatic carbocycles. The Morgan fingerprint density at radius 2 is 1.62 bits per heavy atom. The van der Waals surface area contributed by atoms with Crippen LogP contribution in [0.4, 0.5) is 11.5 Å². The Morgan fingerprint density at radius 3 is 2.44 bits per heavy atom. The summed E-state index contributed by atoms with van der Waals surface area (Å²) in [6, 6.07) is 26.7. The van der Waals surface area contributed by atoms with Gasteiger partial charge in [0, 0.05) is 35.2 Å². The van der Waals surface area contributed by atoms with Gasteiger partial charge in [0.1, 0.15) is 11.6 Å². The first-order chi connectivity index (χ1) is 15.8. The second-order valence-electron chi connectivity index (χ2n) is 7.02. The summed E-state index contributed by atoms with van der Waals surface area (Å²) in [4.78, 5) is 13.1. The molecule has 3 aromatic heterocycles. The number of fused-ring (bicyclic) bond motifs is 1. The molecule has 6 heteroatoms. The third kappa shape index (κ3) is 3.95. The predicted octanol–water partition coefficient (Wildman–Crippen LogP) is 6.10. The molecule has 0 fully saturated rings. The molecule has 0 saturated carbocycles. The lowest BCUT2D eigenvalue weighted by atomic mass is 10.0. The van der Waals surface area contributed by atoms with E-state index in [9.17, 15) is 5.26 Å². The molecule has 1 N–H and O–H groups in total. The lowest BCUT2D eigenvalue weighted by Gasteiger charge is -2.12. The summed E-state index contributed by atoms with van der Waals surface area (Å²) in [6.07, 6.45) is 5.17. The van der Waals surface area contributed by atoms with E-state index in [0.29, 0.717) is 17.2 Å². The van der Waals surface area contributed by atoms with Gasteiger partial charge in [-0.2, -0.15) is 5.26 Å². The second-order valence-corrected chi connectivity index (χ2v) is 7.02. The zero-order valence-corrected chi connectivity index (χ0v) is 16.9. The summed E-state index contributed by atoms with van der Waals surface area (Å²) in [5.41, 5.74) is 4.02. The summed E-state index contributed by atoms with van der Waals surface area (Å²) in [5.74, 6) is 1.94. The minimum absolute atomic E-state index is 0.495. The molecule has 3 heterocycles. The molecule has 0 aliphatic rings. The molecule has 0 spiro atoms. The van der Waals surface area contributed by atoms with Gasteiger partial charge in [0.25, 0.3) is 0 Å².